The van der Waals surface area contributed by atoms with Crippen molar-refractivity contribution in [2.75, 3.05) is 7.05 Å². The summed E-state index contributed by atoms with van der Waals surface area (Å²) >= 11 is 0. The average molecular weight is 305 g/mol. The van der Waals surface area contributed by atoms with Crippen LogP contribution in [-0.4, -0.2) is 28.0 Å². The normalized spacial score (nSPS) is 14.3. The van der Waals surface area contributed by atoms with Crippen LogP contribution in [0.3, 0.4) is 0 Å². The molecule has 1 aliphatic rings. The van der Waals surface area contributed by atoms with E-state index in [9.17, 15) is 0 Å². The second-order valence-electron chi connectivity index (χ2n) is 6.14. The molecule has 116 valence electrons. The van der Waals surface area contributed by atoms with Crippen molar-refractivity contribution in [2.24, 2.45) is 0 Å². The molecule has 0 fully saturated rings. The third-order valence-electron chi connectivity index (χ3n) is 4.53. The Balaban J connectivity index is 1.42. The standard InChI is InChI=1S/C19H19N3O/c1-22(17-9-15-5-2-3-6-16(15)10-17)13-14-11-20-19(21-12-14)18-7-4-8-23-18/h2-8,11-12,17H,9-10,13H2,1H3. The largest absolute Gasteiger partial charge is 0.461 e. The van der Waals surface area contributed by atoms with E-state index in [1.807, 2.05) is 24.5 Å². The Bertz CT molecular complexity index is 756. The Morgan fingerprint density at radius 1 is 1.04 bits per heavy atom. The maximum absolute atomic E-state index is 5.32. The van der Waals surface area contributed by atoms with Gasteiger partial charge >= 0.3 is 0 Å². The van der Waals surface area contributed by atoms with E-state index in [1.54, 1.807) is 6.26 Å². The van der Waals surface area contributed by atoms with E-state index >= 15 is 0 Å². The summed E-state index contributed by atoms with van der Waals surface area (Å²) in [5.41, 5.74) is 4.08. The molecule has 4 heteroatoms. The minimum Gasteiger partial charge on any atom is -0.461 e. The molecule has 1 aliphatic carbocycles. The molecule has 0 atom stereocenters. The summed E-state index contributed by atoms with van der Waals surface area (Å²) in [4.78, 5) is 11.2. The first-order valence-corrected chi connectivity index (χ1v) is 7.91. The van der Waals surface area contributed by atoms with Gasteiger partial charge in [0.15, 0.2) is 11.6 Å². The summed E-state index contributed by atoms with van der Waals surface area (Å²) in [7, 11) is 2.18. The van der Waals surface area contributed by atoms with E-state index < -0.39 is 0 Å². The molecule has 0 saturated carbocycles. The minimum absolute atomic E-state index is 0.553. The fourth-order valence-electron chi connectivity index (χ4n) is 3.23. The van der Waals surface area contributed by atoms with Crippen molar-refractivity contribution in [3.05, 3.63) is 71.7 Å². The van der Waals surface area contributed by atoms with Crippen LogP contribution in [0.2, 0.25) is 0 Å². The second kappa shape index (κ2) is 5.97. The van der Waals surface area contributed by atoms with Gasteiger partial charge in [-0.15, -0.1) is 0 Å². The van der Waals surface area contributed by atoms with Gasteiger partial charge < -0.3 is 4.42 Å². The van der Waals surface area contributed by atoms with Crippen LogP contribution in [-0.2, 0) is 19.4 Å². The van der Waals surface area contributed by atoms with E-state index in [-0.39, 0.29) is 0 Å². The molecule has 0 radical (unpaired) electrons. The fraction of sp³-hybridized carbons (Fsp3) is 0.263. The molecule has 0 saturated heterocycles. The van der Waals surface area contributed by atoms with Gasteiger partial charge in [-0.05, 0) is 43.1 Å². The summed E-state index contributed by atoms with van der Waals surface area (Å²) in [6, 6.07) is 13.0. The summed E-state index contributed by atoms with van der Waals surface area (Å²) in [6.45, 7) is 0.858. The molecule has 0 aliphatic heterocycles. The van der Waals surface area contributed by atoms with Crippen LogP contribution >= 0.6 is 0 Å². The highest BCUT2D eigenvalue weighted by Gasteiger charge is 2.24. The number of benzene rings is 1. The molecule has 4 nitrogen and oxygen atoms in total. The van der Waals surface area contributed by atoms with Crippen LogP contribution in [0.1, 0.15) is 16.7 Å². The van der Waals surface area contributed by atoms with Gasteiger partial charge in [-0.25, -0.2) is 9.97 Å². The molecule has 0 bridgehead atoms. The van der Waals surface area contributed by atoms with Gasteiger partial charge in [0.25, 0.3) is 0 Å². The zero-order valence-electron chi connectivity index (χ0n) is 13.1. The highest BCUT2D eigenvalue weighted by Crippen LogP contribution is 2.25. The molecular formula is C19H19N3O. The topological polar surface area (TPSA) is 42.2 Å². The second-order valence-corrected chi connectivity index (χ2v) is 6.14. The van der Waals surface area contributed by atoms with Crippen LogP contribution in [0.25, 0.3) is 11.6 Å². The first-order valence-electron chi connectivity index (χ1n) is 7.91. The van der Waals surface area contributed by atoms with E-state index in [1.165, 1.54) is 11.1 Å². The first kappa shape index (κ1) is 14.2. The maximum atomic E-state index is 5.32. The summed E-state index contributed by atoms with van der Waals surface area (Å²) in [6.07, 6.45) is 7.67. The Labute approximate surface area is 135 Å². The number of hydrogen-bond donors (Lipinski definition) is 0. The van der Waals surface area contributed by atoms with E-state index in [2.05, 4.69) is 46.2 Å². The minimum atomic E-state index is 0.553. The highest BCUT2D eigenvalue weighted by atomic mass is 16.3. The lowest BCUT2D eigenvalue weighted by molar-refractivity contribution is 0.240. The van der Waals surface area contributed by atoms with Crippen molar-refractivity contribution >= 4 is 0 Å². The van der Waals surface area contributed by atoms with Crippen molar-refractivity contribution in [3.8, 4) is 11.6 Å². The molecule has 2 aromatic heterocycles. The van der Waals surface area contributed by atoms with Crippen molar-refractivity contribution in [1.82, 2.24) is 14.9 Å². The van der Waals surface area contributed by atoms with Crippen molar-refractivity contribution in [3.63, 3.8) is 0 Å². The lowest BCUT2D eigenvalue weighted by atomic mass is 10.1. The number of likely N-dealkylation sites (N-methyl/N-ethyl adjacent to an activating group) is 1. The molecule has 0 unspecified atom stereocenters. The van der Waals surface area contributed by atoms with Crippen molar-refractivity contribution in [2.45, 2.75) is 25.4 Å². The smallest absolute Gasteiger partial charge is 0.195 e. The summed E-state index contributed by atoms with van der Waals surface area (Å²) in [5.74, 6) is 1.34. The van der Waals surface area contributed by atoms with Gasteiger partial charge in [-0.1, -0.05) is 24.3 Å². The lowest BCUT2D eigenvalue weighted by Crippen LogP contribution is -2.31. The summed E-state index contributed by atoms with van der Waals surface area (Å²) < 4.78 is 5.32. The number of hydrogen-bond acceptors (Lipinski definition) is 4. The van der Waals surface area contributed by atoms with Crippen molar-refractivity contribution in [1.29, 1.82) is 0 Å². The molecule has 2 heterocycles. The lowest BCUT2D eigenvalue weighted by Gasteiger charge is -2.23. The van der Waals surface area contributed by atoms with E-state index in [0.29, 0.717) is 17.6 Å². The van der Waals surface area contributed by atoms with Crippen LogP contribution in [0.15, 0.2) is 59.5 Å². The van der Waals surface area contributed by atoms with Crippen LogP contribution in [0.4, 0.5) is 0 Å². The Morgan fingerprint density at radius 2 is 1.74 bits per heavy atom. The van der Waals surface area contributed by atoms with Gasteiger partial charge in [0, 0.05) is 30.5 Å². The molecule has 23 heavy (non-hydrogen) atoms. The molecule has 4 rings (SSSR count). The highest BCUT2D eigenvalue weighted by molar-refractivity contribution is 5.45. The zero-order chi connectivity index (χ0) is 15.6. The molecule has 0 N–H and O–H groups in total. The number of nitrogens with zero attached hydrogens (tertiary/aromatic N) is 3. The molecular weight excluding hydrogens is 286 g/mol. The zero-order valence-corrected chi connectivity index (χ0v) is 13.1. The SMILES string of the molecule is CN(Cc1cnc(-c2ccco2)nc1)C1Cc2ccccc2C1. The third-order valence-corrected chi connectivity index (χ3v) is 4.53. The van der Waals surface area contributed by atoms with Gasteiger partial charge in [0.1, 0.15) is 0 Å². The maximum Gasteiger partial charge on any atom is 0.195 e. The van der Waals surface area contributed by atoms with Crippen LogP contribution in [0, 0.1) is 0 Å². The molecule has 0 spiro atoms. The quantitative estimate of drug-likeness (QED) is 0.741. The Hall–Kier alpha value is -2.46. The predicted molar refractivity (Wildman–Crippen MR) is 88.8 cm³/mol. The van der Waals surface area contributed by atoms with Gasteiger partial charge in [0.05, 0.1) is 6.26 Å². The van der Waals surface area contributed by atoms with E-state index in [4.69, 9.17) is 4.42 Å². The number of furan rings is 1. The molecule has 3 aromatic rings. The summed E-state index contributed by atoms with van der Waals surface area (Å²) in [5, 5.41) is 0. The first-order chi connectivity index (χ1) is 11.3. The average Bonchev–Trinajstić information content (AvgIpc) is 3.25. The van der Waals surface area contributed by atoms with Gasteiger partial charge in [-0.3, -0.25) is 4.90 Å². The van der Waals surface area contributed by atoms with Crippen LogP contribution < -0.4 is 0 Å². The predicted octanol–water partition coefficient (Wildman–Crippen LogP) is 3.34. The Kier molecular flexibility index (Phi) is 3.67. The van der Waals surface area contributed by atoms with E-state index in [0.717, 1.165) is 24.9 Å². The number of rotatable bonds is 4. The van der Waals surface area contributed by atoms with Crippen molar-refractivity contribution < 1.29 is 4.42 Å². The van der Waals surface area contributed by atoms with Crippen LogP contribution in [0.5, 0.6) is 0 Å². The third kappa shape index (κ3) is 2.90. The fourth-order valence-corrected chi connectivity index (χ4v) is 3.23. The van der Waals surface area contributed by atoms with Gasteiger partial charge in [-0.2, -0.15) is 0 Å². The molecule has 1 aromatic carbocycles. The number of fused-ring (bicyclic) bond motifs is 1. The monoisotopic (exact) mass is 305 g/mol. The Morgan fingerprint density at radius 3 is 2.35 bits per heavy atom. The van der Waals surface area contributed by atoms with Gasteiger partial charge in [0.2, 0.25) is 0 Å². The molecule has 0 amide bonds. The number of aromatic nitrogens is 2.